The number of nitrogens with zero attached hydrogens (tertiary/aromatic N) is 6. The third-order valence-corrected chi connectivity index (χ3v) is 5.55. The Balaban J connectivity index is 1.38. The molecular formula is C20H22N6O. The highest BCUT2D eigenvalue weighted by Gasteiger charge is 2.27. The van der Waals surface area contributed by atoms with Gasteiger partial charge in [0.05, 0.1) is 5.69 Å². The molecule has 138 valence electrons. The summed E-state index contributed by atoms with van der Waals surface area (Å²) >= 11 is 0. The first-order valence-electron chi connectivity index (χ1n) is 9.61. The molecule has 0 unspecified atom stereocenters. The summed E-state index contributed by atoms with van der Waals surface area (Å²) in [6.45, 7) is 2.89. The number of amides is 1. The summed E-state index contributed by atoms with van der Waals surface area (Å²) in [5, 5.41) is 4.77. The number of fused-ring (bicyclic) bond motifs is 3. The quantitative estimate of drug-likeness (QED) is 0.697. The molecule has 4 heterocycles. The van der Waals surface area contributed by atoms with Crippen LogP contribution < -0.4 is 4.90 Å². The van der Waals surface area contributed by atoms with Gasteiger partial charge >= 0.3 is 0 Å². The van der Waals surface area contributed by atoms with E-state index in [1.807, 2.05) is 33.9 Å². The lowest BCUT2D eigenvalue weighted by molar-refractivity contribution is 0.0740. The number of pyridine rings is 1. The summed E-state index contributed by atoms with van der Waals surface area (Å²) in [5.74, 6) is 1.00. The zero-order valence-corrected chi connectivity index (χ0v) is 15.2. The molecule has 0 saturated carbocycles. The molecule has 1 amide bonds. The first-order chi connectivity index (χ1) is 13.3. The Morgan fingerprint density at radius 3 is 2.63 bits per heavy atom. The molecule has 0 spiro atoms. The molecule has 1 aliphatic heterocycles. The largest absolute Gasteiger partial charge is 0.351 e. The van der Waals surface area contributed by atoms with Crippen LogP contribution in [0.2, 0.25) is 0 Å². The number of hydrogen-bond donors (Lipinski definition) is 0. The fourth-order valence-corrected chi connectivity index (χ4v) is 4.15. The van der Waals surface area contributed by atoms with Crippen LogP contribution in [0.4, 0.5) is 5.82 Å². The number of aromatic nitrogens is 4. The van der Waals surface area contributed by atoms with Crippen molar-refractivity contribution in [3.8, 4) is 0 Å². The van der Waals surface area contributed by atoms with Crippen molar-refractivity contribution in [1.29, 1.82) is 0 Å². The number of rotatable bonds is 2. The van der Waals surface area contributed by atoms with Crippen molar-refractivity contribution in [3.63, 3.8) is 0 Å². The number of aryl methyl sites for hydroxylation is 2. The summed E-state index contributed by atoms with van der Waals surface area (Å²) in [6, 6.07) is 5.45. The number of hydrogen-bond acceptors (Lipinski definition) is 5. The van der Waals surface area contributed by atoms with Crippen LogP contribution in [0.15, 0.2) is 36.8 Å². The van der Waals surface area contributed by atoms with Crippen molar-refractivity contribution in [2.45, 2.75) is 25.7 Å². The van der Waals surface area contributed by atoms with Crippen molar-refractivity contribution in [2.75, 3.05) is 31.1 Å². The Bertz CT molecular complexity index is 975. The van der Waals surface area contributed by atoms with Crippen molar-refractivity contribution >= 4 is 17.2 Å². The standard InChI is InChI=1S/C20H22N6O/c27-20(17-7-3-4-8-21-17)25-13-11-24(12-14-25)19-18-15-5-1-2-6-16(15)23-26(18)10-9-22-19/h3-4,7-10H,1-2,5-6,11-14H2. The van der Waals surface area contributed by atoms with E-state index in [4.69, 9.17) is 5.10 Å². The molecule has 2 aliphatic rings. The van der Waals surface area contributed by atoms with E-state index in [1.54, 1.807) is 12.3 Å². The van der Waals surface area contributed by atoms with Crippen LogP contribution in [0.5, 0.6) is 0 Å². The fourth-order valence-electron chi connectivity index (χ4n) is 4.15. The molecule has 27 heavy (non-hydrogen) atoms. The number of carbonyl (C=O) groups is 1. The molecule has 1 fully saturated rings. The molecule has 1 aliphatic carbocycles. The van der Waals surface area contributed by atoms with E-state index in [-0.39, 0.29) is 5.91 Å². The lowest BCUT2D eigenvalue weighted by atomic mass is 9.97. The van der Waals surface area contributed by atoms with Gasteiger partial charge in [0.15, 0.2) is 5.82 Å². The SMILES string of the molecule is O=C(c1ccccn1)N1CCN(c2nccn3nc4c(c23)CCCC4)CC1. The van der Waals surface area contributed by atoms with Crippen LogP contribution in [0, 0.1) is 0 Å². The smallest absolute Gasteiger partial charge is 0.272 e. The molecule has 0 atom stereocenters. The normalized spacial score (nSPS) is 17.2. The van der Waals surface area contributed by atoms with Gasteiger partial charge in [-0.25, -0.2) is 9.50 Å². The van der Waals surface area contributed by atoms with Crippen LogP contribution in [-0.2, 0) is 12.8 Å². The van der Waals surface area contributed by atoms with E-state index in [1.165, 1.54) is 24.1 Å². The van der Waals surface area contributed by atoms with Gasteiger partial charge in [-0.1, -0.05) is 6.07 Å². The van der Waals surface area contributed by atoms with Crippen LogP contribution in [0.3, 0.4) is 0 Å². The molecule has 0 N–H and O–H groups in total. The van der Waals surface area contributed by atoms with Crippen LogP contribution >= 0.6 is 0 Å². The van der Waals surface area contributed by atoms with Gasteiger partial charge in [0.1, 0.15) is 11.2 Å². The maximum atomic E-state index is 12.6. The Morgan fingerprint density at radius 1 is 0.963 bits per heavy atom. The second kappa shape index (κ2) is 6.64. The highest BCUT2D eigenvalue weighted by atomic mass is 16.2. The first kappa shape index (κ1) is 16.2. The molecule has 0 radical (unpaired) electrons. The summed E-state index contributed by atoms with van der Waals surface area (Å²) in [6.07, 6.45) is 10.0. The average molecular weight is 362 g/mol. The predicted molar refractivity (Wildman–Crippen MR) is 102 cm³/mol. The predicted octanol–water partition coefficient (Wildman–Crippen LogP) is 1.97. The van der Waals surface area contributed by atoms with E-state index in [0.29, 0.717) is 18.8 Å². The van der Waals surface area contributed by atoms with Crippen LogP contribution in [0.25, 0.3) is 5.52 Å². The number of carbonyl (C=O) groups excluding carboxylic acids is 1. The van der Waals surface area contributed by atoms with Gasteiger partial charge in [-0.05, 0) is 37.8 Å². The molecule has 0 aromatic carbocycles. The molecule has 3 aromatic rings. The third-order valence-electron chi connectivity index (χ3n) is 5.55. The molecule has 1 saturated heterocycles. The third kappa shape index (κ3) is 2.83. The fraction of sp³-hybridized carbons (Fsp3) is 0.400. The Hall–Kier alpha value is -2.96. The zero-order chi connectivity index (χ0) is 18.2. The molecule has 3 aromatic heterocycles. The van der Waals surface area contributed by atoms with Crippen molar-refractivity contribution in [2.24, 2.45) is 0 Å². The Kier molecular flexibility index (Phi) is 3.99. The highest BCUT2D eigenvalue weighted by molar-refractivity contribution is 5.92. The second-order valence-electron chi connectivity index (χ2n) is 7.17. The van der Waals surface area contributed by atoms with E-state index in [9.17, 15) is 4.79 Å². The van der Waals surface area contributed by atoms with Gasteiger partial charge < -0.3 is 9.80 Å². The molecule has 7 heteroatoms. The number of piperazine rings is 1. The van der Waals surface area contributed by atoms with Gasteiger partial charge in [-0.15, -0.1) is 0 Å². The summed E-state index contributed by atoms with van der Waals surface area (Å²) in [4.78, 5) is 25.7. The van der Waals surface area contributed by atoms with E-state index < -0.39 is 0 Å². The topological polar surface area (TPSA) is 66.6 Å². The van der Waals surface area contributed by atoms with Gasteiger partial charge in [0.2, 0.25) is 0 Å². The summed E-state index contributed by atoms with van der Waals surface area (Å²) in [7, 11) is 0. The maximum absolute atomic E-state index is 12.6. The summed E-state index contributed by atoms with van der Waals surface area (Å²) in [5.41, 5.74) is 4.24. The van der Waals surface area contributed by atoms with Gasteiger partial charge in [0.25, 0.3) is 5.91 Å². The van der Waals surface area contributed by atoms with Gasteiger partial charge in [-0.2, -0.15) is 5.10 Å². The minimum Gasteiger partial charge on any atom is -0.351 e. The van der Waals surface area contributed by atoms with Crippen molar-refractivity contribution < 1.29 is 4.79 Å². The van der Waals surface area contributed by atoms with Crippen molar-refractivity contribution in [1.82, 2.24) is 24.5 Å². The van der Waals surface area contributed by atoms with Crippen LogP contribution in [0.1, 0.15) is 34.6 Å². The zero-order valence-electron chi connectivity index (χ0n) is 15.2. The lowest BCUT2D eigenvalue weighted by Crippen LogP contribution is -2.49. The molecule has 5 rings (SSSR count). The van der Waals surface area contributed by atoms with Gasteiger partial charge in [-0.3, -0.25) is 9.78 Å². The molecule has 7 nitrogen and oxygen atoms in total. The Labute approximate surface area is 157 Å². The lowest BCUT2D eigenvalue weighted by Gasteiger charge is -2.35. The minimum atomic E-state index is 0.00292. The highest BCUT2D eigenvalue weighted by Crippen LogP contribution is 2.30. The maximum Gasteiger partial charge on any atom is 0.272 e. The monoisotopic (exact) mass is 362 g/mol. The van der Waals surface area contributed by atoms with E-state index in [0.717, 1.165) is 37.3 Å². The Morgan fingerprint density at radius 2 is 1.81 bits per heavy atom. The first-order valence-corrected chi connectivity index (χ1v) is 9.61. The second-order valence-corrected chi connectivity index (χ2v) is 7.17. The minimum absolute atomic E-state index is 0.00292. The van der Waals surface area contributed by atoms with Gasteiger partial charge in [0, 0.05) is 50.3 Å². The number of anilines is 1. The van der Waals surface area contributed by atoms with Crippen molar-refractivity contribution in [3.05, 3.63) is 53.7 Å². The summed E-state index contributed by atoms with van der Waals surface area (Å²) < 4.78 is 1.99. The van der Waals surface area contributed by atoms with E-state index in [2.05, 4.69) is 14.9 Å². The average Bonchev–Trinajstić information content (AvgIpc) is 3.13. The van der Waals surface area contributed by atoms with Crippen LogP contribution in [-0.4, -0.2) is 56.6 Å². The molecular weight excluding hydrogens is 340 g/mol. The van der Waals surface area contributed by atoms with E-state index >= 15 is 0 Å². The molecule has 0 bridgehead atoms.